The number of carbonyl (C=O) groups is 17. The Bertz CT molecular complexity index is 3630. The van der Waals surface area contributed by atoms with Gasteiger partial charge in [-0.1, -0.05) is 48.0 Å². The van der Waals surface area contributed by atoms with Crippen LogP contribution < -0.4 is 121 Å². The normalized spacial score (nSPS) is 16.0. The number of carbonyl (C=O) groups excluding carboxylic acids is 14. The fourth-order valence-electron chi connectivity index (χ4n) is 11.8. The lowest BCUT2D eigenvalue weighted by Gasteiger charge is -2.32. The number of carboxylic acid groups (broad SMARTS) is 3. The summed E-state index contributed by atoms with van der Waals surface area (Å²) in [5, 5.41) is 101. The smallest absolute Gasteiger partial charge is 0.328 e. The Morgan fingerprint density at radius 1 is 0.405 bits per heavy atom. The summed E-state index contributed by atoms with van der Waals surface area (Å²) in [4.78, 5) is 248. The van der Waals surface area contributed by atoms with E-state index in [1.165, 1.54) is 0 Å². The highest BCUT2D eigenvalue weighted by Crippen LogP contribution is 2.22. The predicted molar refractivity (Wildman–Crippen MR) is 432 cm³/mol. The zero-order valence-corrected chi connectivity index (χ0v) is 68.9. The minimum absolute atomic E-state index is 0.00981. The summed E-state index contributed by atoms with van der Waals surface area (Å²) in [5.74, 6) is -23.3. The van der Waals surface area contributed by atoms with E-state index in [-0.39, 0.29) is 134 Å². The molecule has 684 valence electrons. The molecule has 121 heavy (non-hydrogen) atoms. The average Bonchev–Trinajstić information content (AvgIpc) is 1.81. The molecule has 51 nitrogen and oxygen atoms in total. The topological polar surface area (TPSA) is 875 Å². The molecular formula is C70H125N27O24. The second-order valence-corrected chi connectivity index (χ2v) is 29.4. The summed E-state index contributed by atoms with van der Waals surface area (Å²) in [6.45, 7) is 6.48. The second kappa shape index (κ2) is 55.6. The Hall–Kier alpha value is -12.1. The van der Waals surface area contributed by atoms with Crippen LogP contribution in [0.4, 0.5) is 0 Å². The third kappa shape index (κ3) is 41.4. The molecule has 0 aromatic rings. The Balaban J connectivity index is 3.65. The molecule has 0 bridgehead atoms. The number of hydrogen-bond acceptors (Lipinski definition) is 26. The van der Waals surface area contributed by atoms with Gasteiger partial charge in [0, 0.05) is 32.7 Å². The molecule has 1 aliphatic heterocycles. The Morgan fingerprint density at radius 2 is 0.744 bits per heavy atom. The van der Waals surface area contributed by atoms with Crippen molar-refractivity contribution in [2.24, 2.45) is 89.3 Å². The number of aliphatic imine (C=N–C) groups is 4. The standard InChI is InChI=1S/C70H125N27O24/c1-8-34(6)51(63(117)92-41(25-33(4)5)57(111)90-42(26-49(103)104)58(112)93-45(30-99)61(115)87-38(16-11-21-82-69(76)77)55(109)94-46(31-100)66(120)121)95-62(116)47-18-13-23-97(47)65(119)39(17-12-22-83-70(78)79)88-64(118)52(35(7)101)96-59(113)43(27-50(105)106)91-56(110)40(24-32(2)3)89-54(108)37(15-10-20-81-68(74)75)86-60(114)44(29-98)85-48(102)28-84-53(107)36(71)14-9-19-80-67(72)73/h32-47,51-52,98-101H,8-31,71H2,1-7H3,(H,84,107)(H,85,102)(H,86,114)(H,87,115)(H,88,118)(H,89,108)(H,90,111)(H,91,110)(H,92,117)(H,93,112)(H,94,109)(H,95,116)(H,96,113)(H,103,104)(H,105,106)(H,120,121)(H4,72,73,80)(H4,74,75,81)(H4,76,77,82)(H4,78,79,83)/t34-,35+,36-,37-,38-,39-,40-,41-,42-,43-,44-,45-,46-,47-,51-,52-/m0/s1. The first-order valence-corrected chi connectivity index (χ1v) is 39.1. The Labute approximate surface area is 697 Å². The largest absolute Gasteiger partial charge is 0.481 e. The van der Waals surface area contributed by atoms with E-state index in [0.717, 1.165) is 11.8 Å². The van der Waals surface area contributed by atoms with Gasteiger partial charge in [-0.2, -0.15) is 0 Å². The number of hydrogen-bond donors (Lipinski definition) is 29. The number of nitrogens with zero attached hydrogens (tertiary/aromatic N) is 5. The molecule has 1 heterocycles. The van der Waals surface area contributed by atoms with Crippen molar-refractivity contribution in [2.75, 3.05) is 59.1 Å². The van der Waals surface area contributed by atoms with E-state index < -0.39 is 248 Å². The van der Waals surface area contributed by atoms with Crippen molar-refractivity contribution in [1.29, 1.82) is 0 Å². The number of guanidine groups is 4. The van der Waals surface area contributed by atoms with Crippen molar-refractivity contribution >= 4 is 124 Å². The van der Waals surface area contributed by atoms with Gasteiger partial charge in [0.25, 0.3) is 0 Å². The first kappa shape index (κ1) is 107. The molecule has 0 aromatic heterocycles. The molecule has 1 aliphatic rings. The number of likely N-dealkylation sites (tertiary alicyclic amines) is 1. The summed E-state index contributed by atoms with van der Waals surface area (Å²) >= 11 is 0. The molecule has 0 aromatic carbocycles. The summed E-state index contributed by atoms with van der Waals surface area (Å²) < 4.78 is 0. The molecule has 0 saturated carbocycles. The van der Waals surface area contributed by atoms with Crippen LogP contribution in [0.2, 0.25) is 0 Å². The number of nitrogens with one attached hydrogen (secondary N) is 13. The van der Waals surface area contributed by atoms with Crippen LogP contribution in [0.3, 0.4) is 0 Å². The Morgan fingerprint density at radius 3 is 1.14 bits per heavy atom. The fraction of sp³-hybridized carbons (Fsp3) is 0.700. The third-order valence-corrected chi connectivity index (χ3v) is 18.3. The third-order valence-electron chi connectivity index (χ3n) is 18.3. The lowest BCUT2D eigenvalue weighted by Crippen LogP contribution is -2.62. The maximum atomic E-state index is 14.9. The first-order valence-electron chi connectivity index (χ1n) is 39.1. The predicted octanol–water partition coefficient (Wildman–Crippen LogP) is -13.0. The van der Waals surface area contributed by atoms with Crippen LogP contribution >= 0.6 is 0 Å². The minimum Gasteiger partial charge on any atom is -0.481 e. The summed E-state index contributed by atoms with van der Waals surface area (Å²) in [6.07, 6.45) is -4.78. The van der Waals surface area contributed by atoms with Crippen molar-refractivity contribution < 1.29 is 117 Å². The summed E-state index contributed by atoms with van der Waals surface area (Å²) in [6, 6.07) is -23.8. The number of aliphatic hydroxyl groups excluding tert-OH is 4. The molecule has 0 aliphatic carbocycles. The zero-order valence-electron chi connectivity index (χ0n) is 68.9. The van der Waals surface area contributed by atoms with Gasteiger partial charge in [0.05, 0.1) is 51.4 Å². The van der Waals surface area contributed by atoms with E-state index in [4.69, 9.17) is 51.6 Å². The lowest BCUT2D eigenvalue weighted by molar-refractivity contribution is -0.144. The summed E-state index contributed by atoms with van der Waals surface area (Å²) in [5.41, 5.74) is 49.3. The van der Waals surface area contributed by atoms with Crippen molar-refractivity contribution in [3.63, 3.8) is 0 Å². The van der Waals surface area contributed by atoms with Crippen molar-refractivity contribution in [3.8, 4) is 0 Å². The van der Waals surface area contributed by atoms with E-state index in [1.54, 1.807) is 41.5 Å². The molecular weight excluding hydrogens is 1600 g/mol. The molecule has 1 rings (SSSR count). The number of nitrogens with two attached hydrogens (primary N) is 9. The number of carboxylic acids is 3. The zero-order chi connectivity index (χ0) is 92.1. The van der Waals surface area contributed by atoms with Crippen LogP contribution in [-0.2, 0) is 81.5 Å². The van der Waals surface area contributed by atoms with Crippen LogP contribution in [0.5, 0.6) is 0 Å². The minimum atomic E-state index is -2.10. The highest BCUT2D eigenvalue weighted by atomic mass is 16.4. The van der Waals surface area contributed by atoms with Crippen LogP contribution in [0.25, 0.3) is 0 Å². The van der Waals surface area contributed by atoms with Gasteiger partial charge in [0.1, 0.15) is 78.5 Å². The molecule has 16 atom stereocenters. The van der Waals surface area contributed by atoms with Crippen LogP contribution in [-0.4, -0.2) is 315 Å². The van der Waals surface area contributed by atoms with Gasteiger partial charge >= 0.3 is 17.9 Å². The second-order valence-electron chi connectivity index (χ2n) is 29.4. The molecule has 51 heteroatoms. The SMILES string of the molecule is CC[C@H](C)[C@H](NC(=O)[C@@H]1CCCN1C(=O)[C@H](CCCN=C(N)N)NC(=O)[C@@H](NC(=O)[C@H](CC(=O)O)NC(=O)[C@H](CC(C)C)NC(=O)[C@H](CCCN=C(N)N)NC(=O)[C@H](CO)NC(=O)CNC(=O)[C@@H](N)CCCN=C(N)N)[C@@H](C)O)C(=O)N[C@@H](CC(C)C)C(=O)N[C@@H](CC(=O)O)C(=O)N[C@@H](CO)C(=O)N[C@@H](CCCN=C(N)N)C(=O)N[C@@H](CO)C(=O)O. The molecule has 1 fully saturated rings. The maximum absolute atomic E-state index is 14.9. The maximum Gasteiger partial charge on any atom is 0.328 e. The van der Waals surface area contributed by atoms with E-state index in [9.17, 15) is 117 Å². The number of amides is 14. The van der Waals surface area contributed by atoms with Gasteiger partial charge in [-0.3, -0.25) is 96.7 Å². The van der Waals surface area contributed by atoms with E-state index in [1.807, 2.05) is 5.32 Å². The van der Waals surface area contributed by atoms with E-state index in [2.05, 4.69) is 83.8 Å². The highest BCUT2D eigenvalue weighted by molar-refractivity contribution is 6.01. The monoisotopic (exact) mass is 1730 g/mol. The van der Waals surface area contributed by atoms with Gasteiger partial charge in [-0.25, -0.2) is 4.79 Å². The van der Waals surface area contributed by atoms with Crippen LogP contribution in [0.15, 0.2) is 20.0 Å². The van der Waals surface area contributed by atoms with Gasteiger partial charge in [-0.15, -0.1) is 0 Å². The van der Waals surface area contributed by atoms with Crippen molar-refractivity contribution in [2.45, 2.75) is 235 Å². The molecule has 0 spiro atoms. The van der Waals surface area contributed by atoms with Crippen LogP contribution in [0.1, 0.15) is 145 Å². The molecule has 0 radical (unpaired) electrons. The van der Waals surface area contributed by atoms with Gasteiger partial charge in [0.2, 0.25) is 82.7 Å². The van der Waals surface area contributed by atoms with Crippen LogP contribution in [0, 0.1) is 17.8 Å². The highest BCUT2D eigenvalue weighted by Gasteiger charge is 2.43. The van der Waals surface area contributed by atoms with Gasteiger partial charge < -0.3 is 161 Å². The van der Waals surface area contributed by atoms with Gasteiger partial charge in [0.15, 0.2) is 23.8 Å². The lowest BCUT2D eigenvalue weighted by atomic mass is 9.96. The first-order chi connectivity index (χ1) is 56.7. The average molecular weight is 1730 g/mol. The number of aliphatic carboxylic acids is 3. The van der Waals surface area contributed by atoms with Gasteiger partial charge in [-0.05, 0) is 102 Å². The van der Waals surface area contributed by atoms with E-state index >= 15 is 0 Å². The summed E-state index contributed by atoms with van der Waals surface area (Å²) in [7, 11) is 0. The number of rotatable bonds is 58. The molecule has 14 amide bonds. The number of aliphatic hydroxyl groups is 4. The Kier molecular flexibility index (Phi) is 49.1. The quantitative estimate of drug-likeness (QED) is 0.0153. The molecule has 38 N–H and O–H groups in total. The molecule has 0 unspecified atom stereocenters. The van der Waals surface area contributed by atoms with E-state index in [0.29, 0.717) is 6.42 Å². The molecule has 1 saturated heterocycles. The van der Waals surface area contributed by atoms with Crippen molar-refractivity contribution in [3.05, 3.63) is 0 Å². The fourth-order valence-corrected chi connectivity index (χ4v) is 11.8. The van der Waals surface area contributed by atoms with Crippen molar-refractivity contribution in [1.82, 2.24) is 74.0 Å².